The van der Waals surface area contributed by atoms with Gasteiger partial charge in [0, 0.05) is 21.3 Å². The number of benzene rings is 2. The molecule has 2 aromatic carbocycles. The summed E-state index contributed by atoms with van der Waals surface area (Å²) in [5, 5.41) is 0.671. The van der Waals surface area contributed by atoms with Crippen molar-refractivity contribution < 1.29 is 17.9 Å². The van der Waals surface area contributed by atoms with Gasteiger partial charge in [0.2, 0.25) is 0 Å². The second kappa shape index (κ2) is 7.83. The van der Waals surface area contributed by atoms with Crippen LogP contribution in [-0.4, -0.2) is 11.4 Å². The lowest BCUT2D eigenvalue weighted by Gasteiger charge is -2.40. The Bertz CT molecular complexity index is 747. The van der Waals surface area contributed by atoms with Gasteiger partial charge in [-0.05, 0) is 55.2 Å². The maximum atomic E-state index is 13.0. The van der Waals surface area contributed by atoms with E-state index in [2.05, 4.69) is 6.92 Å². The van der Waals surface area contributed by atoms with E-state index < -0.39 is 11.7 Å². The van der Waals surface area contributed by atoms with E-state index in [0.29, 0.717) is 16.5 Å². The van der Waals surface area contributed by atoms with Crippen LogP contribution in [0.3, 0.4) is 0 Å². The van der Waals surface area contributed by atoms with Crippen molar-refractivity contribution in [3.05, 3.63) is 64.7 Å². The van der Waals surface area contributed by atoms with Crippen LogP contribution in [0.1, 0.15) is 43.4 Å². The summed E-state index contributed by atoms with van der Waals surface area (Å²) in [4.78, 5) is 0.651. The minimum atomic E-state index is -4.32. The van der Waals surface area contributed by atoms with Gasteiger partial charge in [-0.15, -0.1) is 11.8 Å². The monoisotopic (exact) mass is 400 g/mol. The summed E-state index contributed by atoms with van der Waals surface area (Å²) < 4.78 is 44.8. The molecule has 1 aliphatic heterocycles. The first-order valence-electron chi connectivity index (χ1n) is 8.55. The number of alkyl halides is 3. The minimum absolute atomic E-state index is 0.0701. The summed E-state index contributed by atoms with van der Waals surface area (Å²) in [6, 6.07) is 13.2. The summed E-state index contributed by atoms with van der Waals surface area (Å²) in [6.07, 6.45) is -1.96. The van der Waals surface area contributed by atoms with Gasteiger partial charge < -0.3 is 4.74 Å². The summed E-state index contributed by atoms with van der Waals surface area (Å²) in [5.41, 5.74) is 0.451. The summed E-state index contributed by atoms with van der Waals surface area (Å²) in [6.45, 7) is 2.68. The molecule has 0 N–H and O–H groups in total. The van der Waals surface area contributed by atoms with Crippen molar-refractivity contribution in [1.82, 2.24) is 0 Å². The molecule has 0 saturated carbocycles. The highest BCUT2D eigenvalue weighted by molar-refractivity contribution is 8.00. The zero-order valence-electron chi connectivity index (χ0n) is 14.4. The first kappa shape index (κ1) is 19.6. The molecule has 0 radical (unpaired) electrons. The SMILES string of the molecule is CCC1(Sc2cccc(C(F)(F)F)c2)CCOC(c2ccc(Cl)cc2)C1. The van der Waals surface area contributed by atoms with E-state index in [1.807, 2.05) is 24.3 Å². The largest absolute Gasteiger partial charge is 0.416 e. The maximum Gasteiger partial charge on any atom is 0.416 e. The lowest BCUT2D eigenvalue weighted by Crippen LogP contribution is -2.34. The van der Waals surface area contributed by atoms with Gasteiger partial charge in [0.15, 0.2) is 0 Å². The highest BCUT2D eigenvalue weighted by Gasteiger charge is 2.38. The Hall–Kier alpha value is -1.17. The molecule has 0 amide bonds. The first-order chi connectivity index (χ1) is 12.3. The van der Waals surface area contributed by atoms with Crippen LogP contribution >= 0.6 is 23.4 Å². The molecule has 0 aromatic heterocycles. The molecule has 1 aliphatic rings. The van der Waals surface area contributed by atoms with Crippen molar-refractivity contribution >= 4 is 23.4 Å². The highest BCUT2D eigenvalue weighted by Crippen LogP contribution is 2.48. The molecular formula is C20H20ClF3OS. The van der Waals surface area contributed by atoms with Crippen LogP contribution in [0.25, 0.3) is 0 Å². The second-order valence-electron chi connectivity index (χ2n) is 6.53. The van der Waals surface area contributed by atoms with Crippen LogP contribution in [0, 0.1) is 0 Å². The average molecular weight is 401 g/mol. The van der Waals surface area contributed by atoms with E-state index >= 15 is 0 Å². The summed E-state index contributed by atoms with van der Waals surface area (Å²) in [7, 11) is 0. The van der Waals surface area contributed by atoms with Gasteiger partial charge in [0.1, 0.15) is 0 Å². The van der Waals surface area contributed by atoms with E-state index in [-0.39, 0.29) is 10.9 Å². The molecule has 26 heavy (non-hydrogen) atoms. The zero-order chi connectivity index (χ0) is 18.8. The third-order valence-corrected chi connectivity index (χ3v) is 6.65. The predicted molar refractivity (Wildman–Crippen MR) is 99.7 cm³/mol. The van der Waals surface area contributed by atoms with Gasteiger partial charge in [-0.3, -0.25) is 0 Å². The molecule has 0 bridgehead atoms. The quantitative estimate of drug-likeness (QED) is 0.538. The van der Waals surface area contributed by atoms with Gasteiger partial charge in [0.05, 0.1) is 11.7 Å². The van der Waals surface area contributed by atoms with E-state index in [1.165, 1.54) is 23.9 Å². The molecule has 1 heterocycles. The van der Waals surface area contributed by atoms with E-state index in [1.54, 1.807) is 6.07 Å². The summed E-state index contributed by atoms with van der Waals surface area (Å²) in [5.74, 6) is 0. The average Bonchev–Trinajstić information content (AvgIpc) is 2.62. The van der Waals surface area contributed by atoms with Gasteiger partial charge in [-0.25, -0.2) is 0 Å². The van der Waals surface area contributed by atoms with Crippen LogP contribution in [-0.2, 0) is 10.9 Å². The topological polar surface area (TPSA) is 9.23 Å². The van der Waals surface area contributed by atoms with E-state index in [0.717, 1.165) is 30.9 Å². The number of thioether (sulfide) groups is 1. The Balaban J connectivity index is 1.81. The number of hydrogen-bond acceptors (Lipinski definition) is 2. The van der Waals surface area contributed by atoms with Crippen LogP contribution in [0.2, 0.25) is 5.02 Å². The molecule has 140 valence electrons. The molecule has 2 atom stereocenters. The molecular weight excluding hydrogens is 381 g/mol. The van der Waals surface area contributed by atoms with Crippen molar-refractivity contribution in [2.24, 2.45) is 0 Å². The molecule has 2 unspecified atom stereocenters. The Kier molecular flexibility index (Phi) is 5.90. The molecule has 6 heteroatoms. The van der Waals surface area contributed by atoms with Crippen molar-refractivity contribution in [3.8, 4) is 0 Å². The lowest BCUT2D eigenvalue weighted by atomic mass is 9.89. The van der Waals surface area contributed by atoms with Crippen molar-refractivity contribution in [3.63, 3.8) is 0 Å². The molecule has 3 rings (SSSR count). The van der Waals surface area contributed by atoms with Crippen LogP contribution in [0.4, 0.5) is 13.2 Å². The molecule has 0 spiro atoms. The Labute approximate surface area is 160 Å². The minimum Gasteiger partial charge on any atom is -0.373 e. The van der Waals surface area contributed by atoms with E-state index in [9.17, 15) is 13.2 Å². The molecule has 1 saturated heterocycles. The second-order valence-corrected chi connectivity index (χ2v) is 8.51. The number of hydrogen-bond donors (Lipinski definition) is 0. The number of ether oxygens (including phenoxy) is 1. The molecule has 2 aromatic rings. The van der Waals surface area contributed by atoms with Crippen LogP contribution in [0.5, 0.6) is 0 Å². The zero-order valence-corrected chi connectivity index (χ0v) is 15.9. The summed E-state index contributed by atoms with van der Waals surface area (Å²) >= 11 is 7.49. The highest BCUT2D eigenvalue weighted by atomic mass is 35.5. The molecule has 0 aliphatic carbocycles. The van der Waals surface area contributed by atoms with Gasteiger partial charge in [-0.2, -0.15) is 13.2 Å². The fourth-order valence-electron chi connectivity index (χ4n) is 3.25. The fourth-order valence-corrected chi connectivity index (χ4v) is 4.77. The standard InChI is InChI=1S/C20H20ClF3OS/c1-2-19(26-17-5-3-4-15(12-17)20(22,23)24)10-11-25-18(13-19)14-6-8-16(21)9-7-14/h3-9,12,18H,2,10-11,13H2,1H3. The first-order valence-corrected chi connectivity index (χ1v) is 9.74. The predicted octanol–water partition coefficient (Wildman–Crippen LogP) is 7.15. The smallest absolute Gasteiger partial charge is 0.373 e. The molecule has 1 nitrogen and oxygen atoms in total. The van der Waals surface area contributed by atoms with Crippen molar-refractivity contribution in [1.29, 1.82) is 0 Å². The lowest BCUT2D eigenvalue weighted by molar-refractivity contribution is -0.137. The number of halogens is 4. The van der Waals surface area contributed by atoms with Gasteiger partial charge in [-0.1, -0.05) is 36.7 Å². The Morgan fingerprint density at radius 2 is 1.92 bits per heavy atom. The van der Waals surface area contributed by atoms with Crippen LogP contribution in [0.15, 0.2) is 53.4 Å². The van der Waals surface area contributed by atoms with Gasteiger partial charge in [0.25, 0.3) is 0 Å². The Morgan fingerprint density at radius 3 is 2.58 bits per heavy atom. The maximum absolute atomic E-state index is 13.0. The van der Waals surface area contributed by atoms with Crippen molar-refractivity contribution in [2.75, 3.05) is 6.61 Å². The molecule has 1 fully saturated rings. The van der Waals surface area contributed by atoms with E-state index in [4.69, 9.17) is 16.3 Å². The van der Waals surface area contributed by atoms with Gasteiger partial charge >= 0.3 is 6.18 Å². The van der Waals surface area contributed by atoms with Crippen LogP contribution < -0.4 is 0 Å². The third-order valence-electron chi connectivity index (χ3n) is 4.82. The number of rotatable bonds is 4. The third kappa shape index (κ3) is 4.56. The normalized spacial score (nSPS) is 23.8. The Morgan fingerprint density at radius 1 is 1.19 bits per heavy atom. The fraction of sp³-hybridized carbons (Fsp3) is 0.400. The van der Waals surface area contributed by atoms with Crippen molar-refractivity contribution in [2.45, 2.75) is 48.1 Å².